The van der Waals surface area contributed by atoms with Crippen molar-refractivity contribution in [3.05, 3.63) is 0 Å². The average Bonchev–Trinajstić information content (AvgIpc) is 1.00. The molecule has 0 aliphatic rings. The third-order valence-corrected chi connectivity index (χ3v) is 0. The van der Waals surface area contributed by atoms with E-state index < -0.39 is 0 Å². The van der Waals surface area contributed by atoms with Crippen molar-refractivity contribution in [2.75, 3.05) is 0 Å². The topological polar surface area (TPSA) is 0 Å². The molecule has 22 valence electrons. The molecule has 0 nitrogen and oxygen atoms in total. The van der Waals surface area contributed by atoms with E-state index in [1.54, 1.807) is 0 Å². The molecule has 0 aliphatic heterocycles. The van der Waals surface area contributed by atoms with E-state index in [9.17, 15) is 3.56 Å². The first-order chi connectivity index (χ1) is 1.00. The summed E-state index contributed by atoms with van der Waals surface area (Å²) in [5.41, 5.74) is 0. The van der Waals surface area contributed by atoms with Gasteiger partial charge in [0.15, 0.2) is 16.4 Å². The van der Waals surface area contributed by atoms with Crippen LogP contribution in [0.5, 0.6) is 0 Å². The zero-order valence-corrected chi connectivity index (χ0v) is 9.61. The first kappa shape index (κ1) is 15.9. The summed E-state index contributed by atoms with van der Waals surface area (Å²) in [6.45, 7) is 0. The Hall–Kier alpha value is 2.75. The van der Waals surface area contributed by atoms with Crippen LogP contribution in [-0.2, 0) is 0 Å². The van der Waals surface area contributed by atoms with Crippen LogP contribution in [-0.4, -0.2) is 71.9 Å². The summed E-state index contributed by atoms with van der Waals surface area (Å²) in [6, 6.07) is 0. The number of rotatable bonds is 0. The number of hydrogen-bond acceptors (Lipinski definition) is 0. The van der Waals surface area contributed by atoms with E-state index in [4.69, 9.17) is 0 Å². The monoisotopic (exact) mass is 264 g/mol. The van der Waals surface area contributed by atoms with Gasteiger partial charge in [-0.1, -0.05) is 0 Å². The van der Waals surface area contributed by atoms with Gasteiger partial charge in [0.1, 0.15) is 0 Å². The normalized spacial score (nSPS) is 1.50. The number of halogens is 2. The molecular weight excluding hydrogens is 261 g/mol. The van der Waals surface area contributed by atoms with Gasteiger partial charge in [-0.25, -0.2) is 0 Å². The second-order valence-electron chi connectivity index (χ2n) is 0. The summed E-state index contributed by atoms with van der Waals surface area (Å²) >= 11 is 1.44. The second kappa shape index (κ2) is 17.2. The standard InChI is InChI=1S/Ba.BrF.Mg.4H/c;1-2;;;;;/q+2;;+2;4*-1. The molecule has 4 heavy (non-hydrogen) atoms. The summed E-state index contributed by atoms with van der Waals surface area (Å²) in [4.78, 5) is 0. The Labute approximate surface area is 95.7 Å². The van der Waals surface area contributed by atoms with E-state index in [0.717, 1.165) is 0 Å². The van der Waals surface area contributed by atoms with Gasteiger partial charge in [-0.15, -0.1) is 0 Å². The Morgan fingerprint density at radius 2 is 1.50 bits per heavy atom. The van der Waals surface area contributed by atoms with Gasteiger partial charge in [-0.3, -0.25) is 0 Å². The van der Waals surface area contributed by atoms with Gasteiger partial charge in [-0.05, 0) is 0 Å². The Kier molecular flexibility index (Phi) is 68.1. The zero-order valence-electron chi connectivity index (χ0n) is 6.17. The van der Waals surface area contributed by atoms with E-state index >= 15 is 0 Å². The predicted octanol–water partition coefficient (Wildman–Crippen LogP) is 0.954. The van der Waals surface area contributed by atoms with Crippen LogP contribution in [0.25, 0.3) is 0 Å². The van der Waals surface area contributed by atoms with Gasteiger partial charge in [0.25, 0.3) is 0 Å². The van der Waals surface area contributed by atoms with Crippen molar-refractivity contribution < 1.29 is 9.27 Å². The van der Waals surface area contributed by atoms with Crippen molar-refractivity contribution in [1.82, 2.24) is 0 Å². The largest absolute Gasteiger partial charge is 2.00 e. The third kappa shape index (κ3) is 8.83. The molecule has 0 aromatic rings. The maximum atomic E-state index is 9.31. The fourth-order valence-electron chi connectivity index (χ4n) is 0. The summed E-state index contributed by atoms with van der Waals surface area (Å²) in [7, 11) is 0. The molecule has 4 heteroatoms. The van der Waals surface area contributed by atoms with Crippen molar-refractivity contribution in [1.29, 1.82) is 0 Å². The quantitative estimate of drug-likeness (QED) is 0.572. The molecule has 0 radical (unpaired) electrons. The van der Waals surface area contributed by atoms with Crippen molar-refractivity contribution in [3.63, 3.8) is 0 Å². The molecule has 0 bridgehead atoms. The smallest absolute Gasteiger partial charge is 1.00 e. The van der Waals surface area contributed by atoms with Crippen LogP contribution < -0.4 is 0 Å². The fraction of sp³-hybridized carbons (Fsp3) is 0. The predicted molar refractivity (Wildman–Crippen MR) is 26.0 cm³/mol. The Balaban J connectivity index is -0.000000000333. The van der Waals surface area contributed by atoms with Crippen molar-refractivity contribution >= 4 is 88.3 Å². The maximum absolute atomic E-state index is 9.31. The van der Waals surface area contributed by atoms with Gasteiger partial charge in [-0.2, -0.15) is 3.56 Å². The maximum Gasteiger partial charge on any atom is 2.00 e. The van der Waals surface area contributed by atoms with Crippen molar-refractivity contribution in [2.45, 2.75) is 0 Å². The molecule has 0 saturated carbocycles. The van der Waals surface area contributed by atoms with Crippen LogP contribution in [0.15, 0.2) is 0 Å². The van der Waals surface area contributed by atoms with E-state index in [1.807, 2.05) is 0 Å². The molecule has 0 fully saturated rings. The molecule has 0 amide bonds. The molecule has 0 rings (SSSR count). The SMILES string of the molecule is FBr.[Ba+2].[H-].[H-].[H-].[H-].[Mg+2]. The second-order valence-corrected chi connectivity index (χ2v) is 0. The van der Waals surface area contributed by atoms with Crippen molar-refractivity contribution in [3.8, 4) is 0 Å². The minimum Gasteiger partial charge on any atom is -1.00 e. The van der Waals surface area contributed by atoms with Gasteiger partial charge < -0.3 is 5.71 Å². The van der Waals surface area contributed by atoms with Gasteiger partial charge in [0, 0.05) is 0 Å². The summed E-state index contributed by atoms with van der Waals surface area (Å²) in [5, 5.41) is 0. The van der Waals surface area contributed by atoms with Gasteiger partial charge in [0.2, 0.25) is 0 Å². The van der Waals surface area contributed by atoms with Crippen LogP contribution in [0, 0.1) is 0 Å². The molecular formula is H4BaBrFMg. The van der Waals surface area contributed by atoms with Crippen LogP contribution >= 0.6 is 16.4 Å². The molecule has 0 heterocycles. The summed E-state index contributed by atoms with van der Waals surface area (Å²) < 4.78 is 9.31. The first-order valence-corrected chi connectivity index (χ1v) is 0.742. The molecule has 0 spiro atoms. The Morgan fingerprint density at radius 3 is 1.50 bits per heavy atom. The Bertz CT molecular complexity index is 16.0. The fourth-order valence-corrected chi connectivity index (χ4v) is 0. The molecule has 0 atom stereocenters. The van der Waals surface area contributed by atoms with Gasteiger partial charge in [0.05, 0.1) is 0 Å². The molecule has 0 unspecified atom stereocenters. The average molecular weight is 265 g/mol. The van der Waals surface area contributed by atoms with Crippen molar-refractivity contribution in [2.24, 2.45) is 0 Å². The summed E-state index contributed by atoms with van der Waals surface area (Å²) in [5.74, 6) is 0. The minimum absolute atomic E-state index is 0. The molecule has 0 saturated heterocycles. The van der Waals surface area contributed by atoms with E-state index in [2.05, 4.69) is 0 Å². The Morgan fingerprint density at radius 1 is 1.50 bits per heavy atom. The molecule has 0 aliphatic carbocycles. The van der Waals surface area contributed by atoms with Gasteiger partial charge >= 0.3 is 71.9 Å². The van der Waals surface area contributed by atoms with E-state index in [0.29, 0.717) is 0 Å². The zero-order chi connectivity index (χ0) is 2.00. The molecule has 0 aromatic carbocycles. The van der Waals surface area contributed by atoms with Crippen LogP contribution in [0.2, 0.25) is 0 Å². The molecule has 0 aromatic heterocycles. The summed E-state index contributed by atoms with van der Waals surface area (Å²) in [6.07, 6.45) is 0. The first-order valence-electron chi connectivity index (χ1n) is 0.143. The third-order valence-electron chi connectivity index (χ3n) is 0. The van der Waals surface area contributed by atoms with E-state index in [-0.39, 0.29) is 77.6 Å². The minimum atomic E-state index is 0. The molecule has 0 N–H and O–H groups in total. The van der Waals surface area contributed by atoms with Crippen LogP contribution in [0.3, 0.4) is 0 Å². The van der Waals surface area contributed by atoms with Crippen LogP contribution in [0.1, 0.15) is 5.71 Å². The number of hydrogen-bond donors (Lipinski definition) is 0. The van der Waals surface area contributed by atoms with E-state index in [1.165, 1.54) is 16.4 Å². The van der Waals surface area contributed by atoms with Crippen LogP contribution in [0.4, 0.5) is 3.56 Å².